The lowest BCUT2D eigenvalue weighted by molar-refractivity contribution is -0.147. The van der Waals surface area contributed by atoms with Crippen molar-refractivity contribution in [2.24, 2.45) is 0 Å². The molecule has 0 bridgehead atoms. The van der Waals surface area contributed by atoms with E-state index in [1.807, 2.05) is 36.9 Å². The molecule has 1 saturated heterocycles. The quantitative estimate of drug-likeness (QED) is 0.888. The molecule has 1 aromatic carbocycles. The molecule has 0 radical (unpaired) electrons. The highest BCUT2D eigenvalue weighted by Gasteiger charge is 2.28. The van der Waals surface area contributed by atoms with E-state index in [2.05, 4.69) is 5.32 Å². The number of thiophene rings is 1. The van der Waals surface area contributed by atoms with E-state index < -0.39 is 6.10 Å². The molecule has 1 fully saturated rings. The van der Waals surface area contributed by atoms with E-state index in [4.69, 9.17) is 4.74 Å². The fourth-order valence-corrected chi connectivity index (χ4v) is 3.89. The fourth-order valence-electron chi connectivity index (χ4n) is 2.86. The average Bonchev–Trinajstić information content (AvgIpc) is 3.08. The fraction of sp³-hybridized carbons (Fsp3) is 0.421. The first-order valence-electron chi connectivity index (χ1n) is 8.52. The summed E-state index contributed by atoms with van der Waals surface area (Å²) >= 11 is 1.52. The van der Waals surface area contributed by atoms with Crippen LogP contribution >= 0.6 is 11.3 Å². The van der Waals surface area contributed by atoms with E-state index in [9.17, 15) is 9.18 Å². The van der Waals surface area contributed by atoms with E-state index in [-0.39, 0.29) is 17.8 Å². The van der Waals surface area contributed by atoms with Gasteiger partial charge in [0.1, 0.15) is 11.9 Å². The highest BCUT2D eigenvalue weighted by molar-refractivity contribution is 7.15. The maximum absolute atomic E-state index is 14.0. The standard InChI is InChI=1S/C19H23FN2O2S/c1-13(2)22(19(23)17-11-21-9-10-24-17)12-14-7-8-18(25-14)15-5-3-4-6-16(15)20/h3-8,13,17,21H,9-12H2,1-2H3. The number of amides is 1. The first kappa shape index (κ1) is 18.0. The Morgan fingerprint density at radius 2 is 2.16 bits per heavy atom. The predicted octanol–water partition coefficient (Wildman–Crippen LogP) is 3.28. The minimum atomic E-state index is -0.429. The molecule has 1 aliphatic rings. The summed E-state index contributed by atoms with van der Waals surface area (Å²) in [6, 6.07) is 10.7. The number of hydrogen-bond acceptors (Lipinski definition) is 4. The van der Waals surface area contributed by atoms with Gasteiger partial charge in [0.2, 0.25) is 0 Å². The Kier molecular flexibility index (Phi) is 5.83. The summed E-state index contributed by atoms with van der Waals surface area (Å²) in [5.41, 5.74) is 0.598. The lowest BCUT2D eigenvalue weighted by atomic mass is 10.2. The molecule has 1 aliphatic heterocycles. The van der Waals surface area contributed by atoms with Crippen LogP contribution in [0.25, 0.3) is 10.4 Å². The van der Waals surface area contributed by atoms with Gasteiger partial charge in [-0.15, -0.1) is 11.3 Å². The van der Waals surface area contributed by atoms with Gasteiger partial charge in [-0.1, -0.05) is 18.2 Å². The Balaban J connectivity index is 1.75. The number of carbonyl (C=O) groups excluding carboxylic acids is 1. The minimum Gasteiger partial charge on any atom is -0.366 e. The molecule has 3 rings (SSSR count). The van der Waals surface area contributed by atoms with Gasteiger partial charge in [0.05, 0.1) is 13.2 Å². The first-order valence-corrected chi connectivity index (χ1v) is 9.34. The van der Waals surface area contributed by atoms with Crippen LogP contribution in [-0.2, 0) is 16.1 Å². The third kappa shape index (κ3) is 4.26. The average molecular weight is 362 g/mol. The second kappa shape index (κ2) is 8.08. The van der Waals surface area contributed by atoms with Crippen LogP contribution in [0.5, 0.6) is 0 Å². The summed E-state index contributed by atoms with van der Waals surface area (Å²) in [6.45, 7) is 6.39. The van der Waals surface area contributed by atoms with Crippen molar-refractivity contribution in [2.75, 3.05) is 19.7 Å². The molecule has 2 aromatic rings. The number of halogens is 1. The molecular formula is C19H23FN2O2S. The van der Waals surface area contributed by atoms with Gasteiger partial charge < -0.3 is 15.0 Å². The maximum atomic E-state index is 14.0. The first-order chi connectivity index (χ1) is 12.1. The summed E-state index contributed by atoms with van der Waals surface area (Å²) in [7, 11) is 0. The molecule has 1 amide bonds. The number of nitrogens with zero attached hydrogens (tertiary/aromatic N) is 1. The molecule has 134 valence electrons. The van der Waals surface area contributed by atoms with E-state index in [0.717, 1.165) is 16.3 Å². The largest absolute Gasteiger partial charge is 0.366 e. The SMILES string of the molecule is CC(C)N(Cc1ccc(-c2ccccc2F)s1)C(=O)C1CNCCO1. The zero-order valence-corrected chi connectivity index (χ0v) is 15.3. The molecule has 2 heterocycles. The molecule has 0 aliphatic carbocycles. The van der Waals surface area contributed by atoms with Crippen LogP contribution < -0.4 is 5.32 Å². The van der Waals surface area contributed by atoms with Crippen molar-refractivity contribution in [3.63, 3.8) is 0 Å². The maximum Gasteiger partial charge on any atom is 0.253 e. The van der Waals surface area contributed by atoms with Crippen molar-refractivity contribution in [3.8, 4) is 10.4 Å². The molecular weight excluding hydrogens is 339 g/mol. The topological polar surface area (TPSA) is 41.6 Å². The second-order valence-corrected chi connectivity index (χ2v) is 7.54. The van der Waals surface area contributed by atoms with Crippen LogP contribution in [0, 0.1) is 5.82 Å². The smallest absolute Gasteiger partial charge is 0.253 e. The molecule has 6 heteroatoms. The van der Waals surface area contributed by atoms with Gasteiger partial charge >= 0.3 is 0 Å². The molecule has 4 nitrogen and oxygen atoms in total. The number of morpholine rings is 1. The third-order valence-corrected chi connectivity index (χ3v) is 5.34. The van der Waals surface area contributed by atoms with Crippen molar-refractivity contribution in [1.29, 1.82) is 0 Å². The molecule has 1 N–H and O–H groups in total. The van der Waals surface area contributed by atoms with Gasteiger partial charge in [0, 0.05) is 34.4 Å². The highest BCUT2D eigenvalue weighted by Crippen LogP contribution is 2.31. The summed E-state index contributed by atoms with van der Waals surface area (Å²) in [5, 5.41) is 3.19. The normalized spacial score (nSPS) is 17.7. The Morgan fingerprint density at radius 1 is 1.36 bits per heavy atom. The van der Waals surface area contributed by atoms with Crippen molar-refractivity contribution < 1.29 is 13.9 Å². The number of carbonyl (C=O) groups is 1. The van der Waals surface area contributed by atoms with Crippen molar-refractivity contribution >= 4 is 17.2 Å². The zero-order valence-electron chi connectivity index (χ0n) is 14.5. The molecule has 1 atom stereocenters. The van der Waals surface area contributed by atoms with Crippen LogP contribution in [0.1, 0.15) is 18.7 Å². The zero-order chi connectivity index (χ0) is 17.8. The van der Waals surface area contributed by atoms with Crippen molar-refractivity contribution in [3.05, 3.63) is 47.1 Å². The van der Waals surface area contributed by atoms with Crippen LogP contribution in [-0.4, -0.2) is 42.6 Å². The minimum absolute atomic E-state index is 0.00282. The summed E-state index contributed by atoms with van der Waals surface area (Å²) in [4.78, 5) is 16.5. The van der Waals surface area contributed by atoms with Crippen LogP contribution in [0.15, 0.2) is 36.4 Å². The van der Waals surface area contributed by atoms with E-state index in [1.54, 1.807) is 12.1 Å². The summed E-state index contributed by atoms with van der Waals surface area (Å²) in [5.74, 6) is -0.225. The molecule has 0 spiro atoms. The van der Waals surface area contributed by atoms with Gasteiger partial charge in [-0.3, -0.25) is 4.79 Å². The second-order valence-electron chi connectivity index (χ2n) is 6.37. The van der Waals surface area contributed by atoms with Crippen LogP contribution in [0.3, 0.4) is 0 Å². The molecule has 25 heavy (non-hydrogen) atoms. The molecule has 1 unspecified atom stereocenters. The van der Waals surface area contributed by atoms with Gasteiger partial charge in [-0.2, -0.15) is 0 Å². The molecule has 1 aromatic heterocycles. The Bertz CT molecular complexity index is 726. The Hall–Kier alpha value is -1.76. The van der Waals surface area contributed by atoms with Crippen molar-refractivity contribution in [1.82, 2.24) is 10.2 Å². The van der Waals surface area contributed by atoms with Gasteiger partial charge in [0.15, 0.2) is 0 Å². The van der Waals surface area contributed by atoms with Crippen LogP contribution in [0.2, 0.25) is 0 Å². The lowest BCUT2D eigenvalue weighted by Crippen LogP contribution is -2.50. The summed E-state index contributed by atoms with van der Waals surface area (Å²) in [6.07, 6.45) is -0.429. The van der Waals surface area contributed by atoms with Crippen molar-refractivity contribution in [2.45, 2.75) is 32.5 Å². The Labute approximate surface area is 151 Å². The predicted molar refractivity (Wildman–Crippen MR) is 98.0 cm³/mol. The van der Waals surface area contributed by atoms with E-state index in [0.29, 0.717) is 25.3 Å². The number of benzene rings is 1. The van der Waals surface area contributed by atoms with Gasteiger partial charge in [-0.25, -0.2) is 4.39 Å². The summed E-state index contributed by atoms with van der Waals surface area (Å²) < 4.78 is 19.6. The van der Waals surface area contributed by atoms with Gasteiger partial charge in [-0.05, 0) is 32.0 Å². The highest BCUT2D eigenvalue weighted by atomic mass is 32.1. The van der Waals surface area contributed by atoms with E-state index in [1.165, 1.54) is 17.4 Å². The number of rotatable bonds is 5. The Morgan fingerprint density at radius 3 is 2.84 bits per heavy atom. The number of ether oxygens (including phenoxy) is 1. The number of nitrogens with one attached hydrogen (secondary N) is 1. The number of hydrogen-bond donors (Lipinski definition) is 1. The van der Waals surface area contributed by atoms with Crippen LogP contribution in [0.4, 0.5) is 4.39 Å². The monoisotopic (exact) mass is 362 g/mol. The van der Waals surface area contributed by atoms with Gasteiger partial charge in [0.25, 0.3) is 5.91 Å². The molecule has 0 saturated carbocycles. The third-order valence-electron chi connectivity index (χ3n) is 4.24. The van der Waals surface area contributed by atoms with E-state index >= 15 is 0 Å². The lowest BCUT2D eigenvalue weighted by Gasteiger charge is -2.32.